The van der Waals surface area contributed by atoms with Crippen molar-refractivity contribution in [3.63, 3.8) is 0 Å². The van der Waals surface area contributed by atoms with E-state index in [1.165, 1.54) is 17.5 Å². The summed E-state index contributed by atoms with van der Waals surface area (Å²) in [5, 5.41) is 21.8. The van der Waals surface area contributed by atoms with Crippen LogP contribution in [0.15, 0.2) is 30.9 Å². The summed E-state index contributed by atoms with van der Waals surface area (Å²) in [6.45, 7) is 11.1. The Balaban J connectivity index is 1.57. The summed E-state index contributed by atoms with van der Waals surface area (Å²) in [6, 6.07) is 1.88. The van der Waals surface area contributed by atoms with Gasteiger partial charge in [0.1, 0.15) is 4.83 Å². The van der Waals surface area contributed by atoms with Gasteiger partial charge in [-0.25, -0.2) is 4.52 Å². The molecule has 0 atom stereocenters. The van der Waals surface area contributed by atoms with Crippen LogP contribution in [-0.2, 0) is 10.3 Å². The van der Waals surface area contributed by atoms with Crippen LogP contribution >= 0.6 is 11.3 Å². The minimum absolute atomic E-state index is 0.00152. The Labute approximate surface area is 230 Å². The summed E-state index contributed by atoms with van der Waals surface area (Å²) >= 11 is 1.38. The lowest BCUT2D eigenvalue weighted by molar-refractivity contribution is -0.118. The van der Waals surface area contributed by atoms with Crippen molar-refractivity contribution >= 4 is 33.7 Å². The van der Waals surface area contributed by atoms with E-state index in [1.54, 1.807) is 21.6 Å². The lowest BCUT2D eigenvalue weighted by atomic mass is 10.0. The van der Waals surface area contributed by atoms with Gasteiger partial charge in [0.05, 0.1) is 59.1 Å². The predicted molar refractivity (Wildman–Crippen MR) is 151 cm³/mol. The van der Waals surface area contributed by atoms with Crippen LogP contribution in [0.3, 0.4) is 0 Å². The number of hydrogen-bond acceptors (Lipinski definition) is 8. The highest BCUT2D eigenvalue weighted by molar-refractivity contribution is 7.21. The summed E-state index contributed by atoms with van der Waals surface area (Å²) in [5.41, 5.74) is 8.92. The molecule has 0 radical (unpaired) electrons. The number of pyridine rings is 1. The number of thiazole rings is 1. The number of aromatic nitrogens is 5. The van der Waals surface area contributed by atoms with E-state index in [0.29, 0.717) is 28.3 Å². The molecule has 0 saturated carbocycles. The smallest absolute Gasteiger partial charge is 0.253 e. The van der Waals surface area contributed by atoms with Gasteiger partial charge in [-0.15, -0.1) is 11.3 Å². The molecule has 1 aliphatic heterocycles. The topological polar surface area (TPSA) is 144 Å². The molecule has 0 spiro atoms. The van der Waals surface area contributed by atoms with Crippen LogP contribution in [0.25, 0.3) is 26.5 Å². The summed E-state index contributed by atoms with van der Waals surface area (Å²) in [6.07, 6.45) is 8.84. The number of nitrogens with two attached hydrogens (primary N) is 1. The van der Waals surface area contributed by atoms with E-state index >= 15 is 0 Å². The normalized spacial score (nSPS) is 15.7. The van der Waals surface area contributed by atoms with E-state index in [0.717, 1.165) is 41.1 Å². The molecule has 0 aromatic carbocycles. The SMILES string of the molecule is Cc1ncc(NC(=O)CN2CCCC2(C)C)cc1-c1c(-c2cnn(C(C)(C)CO)c2)sc2c(C(N)=O)cnn12. The molecule has 0 unspecified atom stereocenters. The molecular formula is C27H34N8O3S. The zero-order valence-electron chi connectivity index (χ0n) is 22.9. The Hall–Kier alpha value is -3.61. The number of rotatable bonds is 8. The van der Waals surface area contributed by atoms with Crippen molar-refractivity contribution in [1.82, 2.24) is 29.3 Å². The highest BCUT2D eigenvalue weighted by Gasteiger charge is 2.33. The first-order valence-corrected chi connectivity index (χ1v) is 13.7. The summed E-state index contributed by atoms with van der Waals surface area (Å²) < 4.78 is 3.40. The van der Waals surface area contributed by atoms with Crippen LogP contribution in [0, 0.1) is 6.92 Å². The van der Waals surface area contributed by atoms with Crippen molar-refractivity contribution in [2.75, 3.05) is 25.0 Å². The molecule has 0 aliphatic carbocycles. The lowest BCUT2D eigenvalue weighted by Crippen LogP contribution is -2.42. The molecule has 0 bridgehead atoms. The Bertz CT molecular complexity index is 1560. The van der Waals surface area contributed by atoms with Gasteiger partial charge >= 0.3 is 0 Å². The minimum Gasteiger partial charge on any atom is -0.394 e. The van der Waals surface area contributed by atoms with Crippen LogP contribution in [0.1, 0.15) is 56.6 Å². The first kappa shape index (κ1) is 27.0. The summed E-state index contributed by atoms with van der Waals surface area (Å²) in [5.74, 6) is -0.665. The van der Waals surface area contributed by atoms with Gasteiger partial charge in [-0.05, 0) is 60.1 Å². The third kappa shape index (κ3) is 4.95. The molecule has 1 fully saturated rings. The molecule has 5 heterocycles. The fourth-order valence-corrected chi connectivity index (χ4v) is 6.15. The van der Waals surface area contributed by atoms with Crippen LogP contribution in [-0.4, -0.2) is 71.4 Å². The predicted octanol–water partition coefficient (Wildman–Crippen LogP) is 3.27. The van der Waals surface area contributed by atoms with Gasteiger partial charge in [0.2, 0.25) is 5.91 Å². The van der Waals surface area contributed by atoms with E-state index in [9.17, 15) is 14.7 Å². The third-order valence-electron chi connectivity index (χ3n) is 7.50. The van der Waals surface area contributed by atoms with Crippen molar-refractivity contribution < 1.29 is 14.7 Å². The van der Waals surface area contributed by atoms with E-state index in [-0.39, 0.29) is 18.1 Å². The van der Waals surface area contributed by atoms with Gasteiger partial charge in [-0.3, -0.25) is 24.2 Å². The average molecular weight is 551 g/mol. The lowest BCUT2D eigenvalue weighted by Gasteiger charge is -2.30. The highest BCUT2D eigenvalue weighted by Crippen LogP contribution is 2.42. The number of aliphatic hydroxyl groups is 1. The molecule has 4 N–H and O–H groups in total. The first-order chi connectivity index (χ1) is 18.4. The average Bonchev–Trinajstić information content (AvgIpc) is 3.64. The molecule has 4 aromatic rings. The van der Waals surface area contributed by atoms with Crippen molar-refractivity contribution in [3.8, 4) is 21.7 Å². The number of likely N-dealkylation sites (tertiary alicyclic amines) is 1. The third-order valence-corrected chi connectivity index (χ3v) is 8.72. The number of anilines is 1. The molecule has 4 aromatic heterocycles. The molecule has 39 heavy (non-hydrogen) atoms. The van der Waals surface area contributed by atoms with E-state index < -0.39 is 11.4 Å². The molecular weight excluding hydrogens is 516 g/mol. The van der Waals surface area contributed by atoms with E-state index in [4.69, 9.17) is 5.73 Å². The maximum absolute atomic E-state index is 13.0. The standard InChI is InChI=1S/C27H34N8O3S/c1-16-19(9-18(11-29-16)32-21(37)14-33-8-6-7-26(33,2)3)22-23(17-10-30-34(13-17)27(4,5)15-36)39-25-20(24(28)38)12-31-35(22)25/h9-13,36H,6-8,14-15H2,1-5H3,(H2,28,38)(H,32,37). The Morgan fingerprint density at radius 3 is 2.67 bits per heavy atom. The summed E-state index contributed by atoms with van der Waals surface area (Å²) in [4.78, 5) is 33.3. The van der Waals surface area contributed by atoms with Crippen LogP contribution in [0.5, 0.6) is 0 Å². The number of carbonyl (C=O) groups is 2. The Kier molecular flexibility index (Phi) is 6.81. The zero-order valence-corrected chi connectivity index (χ0v) is 23.7. The number of nitrogens with zero attached hydrogens (tertiary/aromatic N) is 6. The molecule has 11 nitrogen and oxygen atoms in total. The fraction of sp³-hybridized carbons (Fsp3) is 0.444. The number of primary amides is 1. The minimum atomic E-state index is -0.597. The van der Waals surface area contributed by atoms with Crippen molar-refractivity contribution in [3.05, 3.63) is 42.1 Å². The molecule has 2 amide bonds. The number of carbonyl (C=O) groups excluding carboxylic acids is 2. The molecule has 5 rings (SSSR count). The Morgan fingerprint density at radius 2 is 2.00 bits per heavy atom. The van der Waals surface area contributed by atoms with Gasteiger partial charge in [-0.2, -0.15) is 10.2 Å². The zero-order chi connectivity index (χ0) is 28.1. The number of aryl methyl sites for hydroxylation is 1. The van der Waals surface area contributed by atoms with Gasteiger partial charge in [0.15, 0.2) is 0 Å². The van der Waals surface area contributed by atoms with E-state index in [1.807, 2.05) is 33.0 Å². The van der Waals surface area contributed by atoms with Gasteiger partial charge in [-0.1, -0.05) is 0 Å². The highest BCUT2D eigenvalue weighted by atomic mass is 32.1. The van der Waals surface area contributed by atoms with Crippen molar-refractivity contribution in [2.45, 2.75) is 58.5 Å². The van der Waals surface area contributed by atoms with Gasteiger partial charge in [0, 0.05) is 28.6 Å². The van der Waals surface area contributed by atoms with Crippen LogP contribution in [0.4, 0.5) is 5.69 Å². The molecule has 1 aliphatic rings. The van der Waals surface area contributed by atoms with Crippen molar-refractivity contribution in [1.29, 1.82) is 0 Å². The van der Waals surface area contributed by atoms with Crippen LogP contribution < -0.4 is 11.1 Å². The largest absolute Gasteiger partial charge is 0.394 e. The Morgan fingerprint density at radius 1 is 1.23 bits per heavy atom. The number of aliphatic hydroxyl groups excluding tert-OH is 1. The maximum Gasteiger partial charge on any atom is 0.253 e. The monoisotopic (exact) mass is 550 g/mol. The first-order valence-electron chi connectivity index (χ1n) is 12.9. The second-order valence-electron chi connectivity index (χ2n) is 11.3. The molecule has 1 saturated heterocycles. The number of nitrogens with one attached hydrogen (secondary N) is 1. The van der Waals surface area contributed by atoms with Crippen molar-refractivity contribution in [2.24, 2.45) is 5.73 Å². The van der Waals surface area contributed by atoms with Gasteiger partial charge in [0.25, 0.3) is 5.91 Å². The molecule has 206 valence electrons. The second-order valence-corrected chi connectivity index (χ2v) is 12.3. The van der Waals surface area contributed by atoms with Crippen LogP contribution in [0.2, 0.25) is 0 Å². The van der Waals surface area contributed by atoms with Gasteiger partial charge < -0.3 is 16.2 Å². The summed E-state index contributed by atoms with van der Waals surface area (Å²) in [7, 11) is 0. The fourth-order valence-electron chi connectivity index (χ4n) is 4.95. The molecule has 12 heteroatoms. The maximum atomic E-state index is 13.0. The van der Waals surface area contributed by atoms with E-state index in [2.05, 4.69) is 39.2 Å². The quantitative estimate of drug-likeness (QED) is 0.305. The number of amides is 2. The number of fused-ring (bicyclic) bond motifs is 1. The number of hydrogen-bond donors (Lipinski definition) is 3. The second kappa shape index (κ2) is 9.85.